The molecule has 2 nitrogen and oxygen atoms in total. The van der Waals surface area contributed by atoms with Crippen molar-refractivity contribution >= 4 is 34.0 Å². The number of halogens is 1. The first-order valence-electron chi connectivity index (χ1n) is 7.32. The number of alkyl halides is 1. The summed E-state index contributed by atoms with van der Waals surface area (Å²) in [6.45, 7) is 4.38. The maximum atomic E-state index is 6.18. The van der Waals surface area contributed by atoms with Crippen LogP contribution in [0.3, 0.4) is 0 Å². The normalized spacial score (nSPS) is 12.9. The average molecular weight is 319 g/mol. The molecule has 110 valence electrons. The van der Waals surface area contributed by atoms with Crippen molar-refractivity contribution in [3.05, 3.63) is 52.0 Å². The Bertz CT molecular complexity index is 731. The molecule has 1 unspecified atom stereocenters. The Labute approximate surface area is 134 Å². The van der Waals surface area contributed by atoms with E-state index in [4.69, 9.17) is 16.6 Å². The summed E-state index contributed by atoms with van der Waals surface area (Å²) in [6.07, 6.45) is 2.24. The molecular weight excluding hydrogens is 300 g/mol. The molecule has 0 aliphatic carbocycles. The Kier molecular flexibility index (Phi) is 4.32. The number of thiophene rings is 1. The average Bonchev–Trinajstić information content (AvgIpc) is 3.13. The summed E-state index contributed by atoms with van der Waals surface area (Å²) >= 11 is 7.99. The number of aryl methyl sites for hydroxylation is 1. The molecule has 0 saturated carbocycles. The van der Waals surface area contributed by atoms with Gasteiger partial charge in [-0.25, -0.2) is 4.98 Å². The summed E-state index contributed by atoms with van der Waals surface area (Å²) in [5, 5.41) is 2.14. The lowest BCUT2D eigenvalue weighted by molar-refractivity contribution is 0.539. The maximum Gasteiger partial charge on any atom is 0.125 e. The van der Waals surface area contributed by atoms with E-state index in [9.17, 15) is 0 Å². The fourth-order valence-corrected chi connectivity index (χ4v) is 3.99. The Morgan fingerprint density at radius 2 is 2.14 bits per heavy atom. The predicted octanol–water partition coefficient (Wildman–Crippen LogP) is 5.53. The lowest BCUT2D eigenvalue weighted by atomic mass is 10.1. The number of para-hydroxylation sites is 1. The van der Waals surface area contributed by atoms with Crippen molar-refractivity contribution in [1.29, 1.82) is 0 Å². The summed E-state index contributed by atoms with van der Waals surface area (Å²) in [5.74, 6) is 1.41. The van der Waals surface area contributed by atoms with E-state index in [2.05, 4.69) is 54.1 Å². The number of fused-ring (bicyclic) bond motifs is 1. The SMILES string of the molecule is CCCC(c1cccs1)n1c(CCl)nc2cccc(C)c21. The molecule has 0 amide bonds. The largest absolute Gasteiger partial charge is 0.318 e. The van der Waals surface area contributed by atoms with Crippen molar-refractivity contribution < 1.29 is 0 Å². The highest BCUT2D eigenvalue weighted by Gasteiger charge is 2.21. The van der Waals surface area contributed by atoms with Crippen LogP contribution in [0.4, 0.5) is 0 Å². The summed E-state index contributed by atoms with van der Waals surface area (Å²) in [5.41, 5.74) is 3.53. The van der Waals surface area contributed by atoms with Gasteiger partial charge in [-0.05, 0) is 36.4 Å². The van der Waals surface area contributed by atoms with Gasteiger partial charge in [-0.1, -0.05) is 31.5 Å². The summed E-state index contributed by atoms with van der Waals surface area (Å²) in [4.78, 5) is 6.12. The molecule has 0 fully saturated rings. The molecule has 1 aromatic carbocycles. The second-order valence-electron chi connectivity index (χ2n) is 5.29. The van der Waals surface area contributed by atoms with E-state index in [1.165, 1.54) is 16.0 Å². The van der Waals surface area contributed by atoms with Gasteiger partial charge >= 0.3 is 0 Å². The van der Waals surface area contributed by atoms with Crippen LogP contribution in [-0.4, -0.2) is 9.55 Å². The van der Waals surface area contributed by atoms with Crippen LogP contribution >= 0.6 is 22.9 Å². The highest BCUT2D eigenvalue weighted by molar-refractivity contribution is 7.10. The molecule has 3 rings (SSSR count). The molecule has 0 aliphatic rings. The molecule has 1 atom stereocenters. The predicted molar refractivity (Wildman–Crippen MR) is 91.4 cm³/mol. The van der Waals surface area contributed by atoms with Crippen molar-refractivity contribution in [2.45, 2.75) is 38.6 Å². The third-order valence-electron chi connectivity index (χ3n) is 3.85. The van der Waals surface area contributed by atoms with Gasteiger partial charge in [-0.3, -0.25) is 0 Å². The summed E-state index contributed by atoms with van der Waals surface area (Å²) in [7, 11) is 0. The van der Waals surface area contributed by atoms with Gasteiger partial charge in [0.05, 0.1) is 23.0 Å². The first-order chi connectivity index (χ1) is 10.3. The van der Waals surface area contributed by atoms with Crippen LogP contribution in [-0.2, 0) is 5.88 Å². The monoisotopic (exact) mass is 318 g/mol. The van der Waals surface area contributed by atoms with Gasteiger partial charge in [0.1, 0.15) is 5.82 Å². The molecule has 0 aliphatic heterocycles. The van der Waals surface area contributed by atoms with Crippen molar-refractivity contribution in [2.24, 2.45) is 0 Å². The van der Waals surface area contributed by atoms with Gasteiger partial charge in [0.15, 0.2) is 0 Å². The number of hydrogen-bond donors (Lipinski definition) is 0. The van der Waals surface area contributed by atoms with E-state index in [1.54, 1.807) is 0 Å². The molecule has 0 saturated heterocycles. The van der Waals surface area contributed by atoms with Crippen molar-refractivity contribution in [2.75, 3.05) is 0 Å². The number of aromatic nitrogens is 2. The highest BCUT2D eigenvalue weighted by atomic mass is 35.5. The van der Waals surface area contributed by atoms with Gasteiger partial charge in [0.25, 0.3) is 0 Å². The van der Waals surface area contributed by atoms with Crippen molar-refractivity contribution in [3.63, 3.8) is 0 Å². The van der Waals surface area contributed by atoms with Crippen LogP contribution in [0.25, 0.3) is 11.0 Å². The standard InChI is InChI=1S/C17H19ClN2S/c1-3-6-14(15-9-5-10-21-15)20-16(11-18)19-13-8-4-7-12(2)17(13)20/h4-5,7-10,14H,3,6,11H2,1-2H3. The van der Waals surface area contributed by atoms with E-state index >= 15 is 0 Å². The Morgan fingerprint density at radius 1 is 1.29 bits per heavy atom. The zero-order chi connectivity index (χ0) is 14.8. The quantitative estimate of drug-likeness (QED) is 0.565. The fourth-order valence-electron chi connectivity index (χ4n) is 2.95. The van der Waals surface area contributed by atoms with Gasteiger partial charge in [-0.2, -0.15) is 0 Å². The third-order valence-corrected chi connectivity index (χ3v) is 5.06. The lowest BCUT2D eigenvalue weighted by Gasteiger charge is -2.20. The summed E-state index contributed by atoms with van der Waals surface area (Å²) in [6, 6.07) is 11.0. The minimum Gasteiger partial charge on any atom is -0.318 e. The van der Waals surface area contributed by atoms with E-state index in [0.29, 0.717) is 11.9 Å². The van der Waals surface area contributed by atoms with Crippen LogP contribution in [0, 0.1) is 6.92 Å². The number of hydrogen-bond acceptors (Lipinski definition) is 2. The number of benzene rings is 1. The molecule has 0 spiro atoms. The molecule has 4 heteroatoms. The highest BCUT2D eigenvalue weighted by Crippen LogP contribution is 2.33. The lowest BCUT2D eigenvalue weighted by Crippen LogP contribution is -2.12. The van der Waals surface area contributed by atoms with Gasteiger partial charge in [-0.15, -0.1) is 22.9 Å². The maximum absolute atomic E-state index is 6.18. The third kappa shape index (κ3) is 2.60. The topological polar surface area (TPSA) is 17.8 Å². The first-order valence-corrected chi connectivity index (χ1v) is 8.73. The fraction of sp³-hybridized carbons (Fsp3) is 0.353. The van der Waals surface area contributed by atoms with Crippen LogP contribution in [0.5, 0.6) is 0 Å². The molecule has 3 aromatic rings. The molecule has 0 N–H and O–H groups in total. The second kappa shape index (κ2) is 6.20. The zero-order valence-corrected chi connectivity index (χ0v) is 13.9. The molecule has 2 heterocycles. The van der Waals surface area contributed by atoms with Crippen LogP contribution < -0.4 is 0 Å². The van der Waals surface area contributed by atoms with Crippen LogP contribution in [0.15, 0.2) is 35.7 Å². The Morgan fingerprint density at radius 3 is 2.81 bits per heavy atom. The Hall–Kier alpha value is -1.32. The zero-order valence-electron chi connectivity index (χ0n) is 12.3. The number of imidazole rings is 1. The molecule has 2 aromatic heterocycles. The Balaban J connectivity index is 2.25. The van der Waals surface area contributed by atoms with Crippen molar-refractivity contribution in [1.82, 2.24) is 9.55 Å². The summed E-state index contributed by atoms with van der Waals surface area (Å²) < 4.78 is 2.35. The number of rotatable bonds is 5. The number of nitrogens with zero attached hydrogens (tertiary/aromatic N) is 2. The minimum atomic E-state index is 0.329. The van der Waals surface area contributed by atoms with Crippen LogP contribution in [0.2, 0.25) is 0 Å². The second-order valence-corrected chi connectivity index (χ2v) is 6.54. The smallest absolute Gasteiger partial charge is 0.125 e. The minimum absolute atomic E-state index is 0.329. The van der Waals surface area contributed by atoms with Gasteiger partial charge in [0, 0.05) is 4.88 Å². The molecule has 21 heavy (non-hydrogen) atoms. The van der Waals surface area contributed by atoms with Crippen molar-refractivity contribution in [3.8, 4) is 0 Å². The molecule has 0 bridgehead atoms. The van der Waals surface area contributed by atoms with Crippen LogP contribution in [0.1, 0.15) is 42.1 Å². The van der Waals surface area contributed by atoms with Gasteiger partial charge < -0.3 is 4.57 Å². The first kappa shape index (κ1) is 14.6. The van der Waals surface area contributed by atoms with E-state index in [0.717, 1.165) is 24.2 Å². The molecular formula is C17H19ClN2S. The van der Waals surface area contributed by atoms with E-state index in [-0.39, 0.29) is 0 Å². The molecule has 0 radical (unpaired) electrons. The van der Waals surface area contributed by atoms with Gasteiger partial charge in [0.2, 0.25) is 0 Å². The van der Waals surface area contributed by atoms with E-state index in [1.807, 2.05) is 11.3 Å². The van der Waals surface area contributed by atoms with E-state index < -0.39 is 0 Å².